The van der Waals surface area contributed by atoms with E-state index in [0.717, 1.165) is 18.7 Å². The molecule has 0 atom stereocenters. The third-order valence-corrected chi connectivity index (χ3v) is 4.35. The number of benzene rings is 1. The van der Waals surface area contributed by atoms with Crippen molar-refractivity contribution in [3.05, 3.63) is 34.6 Å². The highest BCUT2D eigenvalue weighted by Gasteiger charge is 2.34. The Morgan fingerprint density at radius 2 is 2.18 bits per heavy atom. The molecule has 1 N–H and O–H groups in total. The molecule has 1 aliphatic carbocycles. The van der Waals surface area contributed by atoms with Crippen molar-refractivity contribution < 1.29 is 4.39 Å². The minimum absolute atomic E-state index is 0.275. The summed E-state index contributed by atoms with van der Waals surface area (Å²) in [5.74, 6) is -0.275. The van der Waals surface area contributed by atoms with E-state index in [1.165, 1.54) is 37.8 Å². The molecule has 1 nitrogen and oxygen atoms in total. The van der Waals surface area contributed by atoms with Gasteiger partial charge in [0.15, 0.2) is 0 Å². The van der Waals surface area contributed by atoms with Gasteiger partial charge in [0.05, 0.1) is 0 Å². The van der Waals surface area contributed by atoms with Crippen molar-refractivity contribution in [3.8, 4) is 0 Å². The quantitative estimate of drug-likeness (QED) is 0.834. The van der Waals surface area contributed by atoms with Crippen molar-refractivity contribution in [3.63, 3.8) is 0 Å². The van der Waals surface area contributed by atoms with Gasteiger partial charge in [0.2, 0.25) is 0 Å². The highest BCUT2D eigenvalue weighted by atomic mass is 35.5. The SMILES string of the molecule is CCC1(CNCc2ccc(F)cc2Cl)CCC1. The van der Waals surface area contributed by atoms with Crippen LogP contribution in [0, 0.1) is 11.2 Å². The van der Waals surface area contributed by atoms with Gasteiger partial charge in [0, 0.05) is 18.1 Å². The average Bonchev–Trinajstić information content (AvgIpc) is 2.25. The second-order valence-electron chi connectivity index (χ2n) is 5.05. The van der Waals surface area contributed by atoms with Gasteiger partial charge in [-0.25, -0.2) is 4.39 Å². The molecule has 17 heavy (non-hydrogen) atoms. The maximum absolute atomic E-state index is 12.9. The van der Waals surface area contributed by atoms with Crippen molar-refractivity contribution in [1.82, 2.24) is 5.32 Å². The number of halogens is 2. The molecule has 1 aromatic carbocycles. The highest BCUT2D eigenvalue weighted by molar-refractivity contribution is 6.31. The lowest BCUT2D eigenvalue weighted by molar-refractivity contribution is 0.124. The Balaban J connectivity index is 1.85. The van der Waals surface area contributed by atoms with Gasteiger partial charge in [-0.3, -0.25) is 0 Å². The van der Waals surface area contributed by atoms with Crippen LogP contribution in [0.5, 0.6) is 0 Å². The molecule has 3 heteroatoms. The molecule has 0 amide bonds. The minimum Gasteiger partial charge on any atom is -0.312 e. The van der Waals surface area contributed by atoms with E-state index in [1.807, 2.05) is 0 Å². The summed E-state index contributed by atoms with van der Waals surface area (Å²) in [6.07, 6.45) is 5.24. The number of nitrogens with one attached hydrogen (secondary N) is 1. The van der Waals surface area contributed by atoms with E-state index >= 15 is 0 Å². The van der Waals surface area contributed by atoms with Gasteiger partial charge >= 0.3 is 0 Å². The summed E-state index contributed by atoms with van der Waals surface area (Å²) in [7, 11) is 0. The largest absolute Gasteiger partial charge is 0.312 e. The summed E-state index contributed by atoms with van der Waals surface area (Å²) in [4.78, 5) is 0. The normalized spacial score (nSPS) is 17.8. The van der Waals surface area contributed by atoms with E-state index in [9.17, 15) is 4.39 Å². The predicted octanol–water partition coefficient (Wildman–Crippen LogP) is 4.15. The van der Waals surface area contributed by atoms with Gasteiger partial charge in [0.1, 0.15) is 5.82 Å². The molecule has 0 aliphatic heterocycles. The smallest absolute Gasteiger partial charge is 0.124 e. The molecule has 0 radical (unpaired) electrons. The van der Waals surface area contributed by atoms with Gasteiger partial charge in [-0.15, -0.1) is 0 Å². The fourth-order valence-corrected chi connectivity index (χ4v) is 2.69. The van der Waals surface area contributed by atoms with Gasteiger partial charge in [0.25, 0.3) is 0 Å². The standard InChI is InChI=1S/C14H19ClFN/c1-2-14(6-3-7-14)10-17-9-11-4-5-12(16)8-13(11)15/h4-5,8,17H,2-3,6-7,9-10H2,1H3. The van der Waals surface area contributed by atoms with E-state index in [1.54, 1.807) is 6.07 Å². The van der Waals surface area contributed by atoms with Crippen LogP contribution in [0.25, 0.3) is 0 Å². The molecule has 0 heterocycles. The fourth-order valence-electron chi connectivity index (χ4n) is 2.46. The monoisotopic (exact) mass is 255 g/mol. The molecule has 1 fully saturated rings. The van der Waals surface area contributed by atoms with Crippen molar-refractivity contribution in [2.24, 2.45) is 5.41 Å². The lowest BCUT2D eigenvalue weighted by atomic mass is 9.67. The molecular formula is C14H19ClFN. The Labute approximate surface area is 107 Å². The van der Waals surface area contributed by atoms with Crippen LogP contribution in [0.2, 0.25) is 5.02 Å². The van der Waals surface area contributed by atoms with Gasteiger partial charge < -0.3 is 5.32 Å². The topological polar surface area (TPSA) is 12.0 Å². The first-order valence-electron chi connectivity index (χ1n) is 6.30. The van der Waals surface area contributed by atoms with Crippen LogP contribution in [0.4, 0.5) is 4.39 Å². The Morgan fingerprint density at radius 1 is 1.41 bits per heavy atom. The Hall–Kier alpha value is -0.600. The molecule has 0 spiro atoms. The van der Waals surface area contributed by atoms with E-state index in [0.29, 0.717) is 10.4 Å². The van der Waals surface area contributed by atoms with Crippen LogP contribution >= 0.6 is 11.6 Å². The van der Waals surface area contributed by atoms with E-state index < -0.39 is 0 Å². The van der Waals surface area contributed by atoms with Crippen LogP contribution in [0.1, 0.15) is 38.2 Å². The number of rotatable bonds is 5. The van der Waals surface area contributed by atoms with Crippen molar-refractivity contribution in [2.75, 3.05) is 6.54 Å². The molecule has 0 saturated heterocycles. The minimum atomic E-state index is -0.275. The third-order valence-electron chi connectivity index (χ3n) is 3.99. The van der Waals surface area contributed by atoms with Crippen molar-refractivity contribution >= 4 is 11.6 Å². The zero-order chi connectivity index (χ0) is 12.3. The molecule has 94 valence electrons. The lowest BCUT2D eigenvalue weighted by Crippen LogP contribution is -2.39. The number of hydrogen-bond donors (Lipinski definition) is 1. The summed E-state index contributed by atoms with van der Waals surface area (Å²) in [6.45, 7) is 4.02. The lowest BCUT2D eigenvalue weighted by Gasteiger charge is -2.41. The Kier molecular flexibility index (Phi) is 4.05. The predicted molar refractivity (Wildman–Crippen MR) is 69.7 cm³/mol. The van der Waals surface area contributed by atoms with Crippen LogP contribution in [-0.2, 0) is 6.54 Å². The Bertz CT molecular complexity index is 382. The van der Waals surface area contributed by atoms with Gasteiger partial charge in [-0.05, 0) is 42.4 Å². The summed E-state index contributed by atoms with van der Waals surface area (Å²) in [5, 5.41) is 3.96. The molecule has 1 saturated carbocycles. The van der Waals surface area contributed by atoms with Crippen molar-refractivity contribution in [1.29, 1.82) is 0 Å². The number of hydrogen-bond acceptors (Lipinski definition) is 1. The van der Waals surface area contributed by atoms with Crippen LogP contribution in [-0.4, -0.2) is 6.54 Å². The van der Waals surface area contributed by atoms with Crippen LogP contribution in [0.3, 0.4) is 0 Å². The summed E-state index contributed by atoms with van der Waals surface area (Å²) >= 11 is 5.98. The molecule has 0 bridgehead atoms. The van der Waals surface area contributed by atoms with Crippen LogP contribution < -0.4 is 5.32 Å². The first-order chi connectivity index (χ1) is 8.15. The Morgan fingerprint density at radius 3 is 2.71 bits per heavy atom. The molecule has 2 rings (SSSR count). The first-order valence-corrected chi connectivity index (χ1v) is 6.68. The van der Waals surface area contributed by atoms with Gasteiger partial charge in [-0.2, -0.15) is 0 Å². The maximum atomic E-state index is 12.9. The maximum Gasteiger partial charge on any atom is 0.124 e. The molecule has 1 aromatic rings. The van der Waals surface area contributed by atoms with E-state index in [4.69, 9.17) is 11.6 Å². The van der Waals surface area contributed by atoms with E-state index in [2.05, 4.69) is 12.2 Å². The first kappa shape index (κ1) is 12.8. The second-order valence-corrected chi connectivity index (χ2v) is 5.45. The third kappa shape index (κ3) is 2.99. The fraction of sp³-hybridized carbons (Fsp3) is 0.571. The van der Waals surface area contributed by atoms with Crippen molar-refractivity contribution in [2.45, 2.75) is 39.2 Å². The summed E-state index contributed by atoms with van der Waals surface area (Å²) in [5.41, 5.74) is 1.48. The summed E-state index contributed by atoms with van der Waals surface area (Å²) in [6, 6.07) is 4.59. The average molecular weight is 256 g/mol. The van der Waals surface area contributed by atoms with E-state index in [-0.39, 0.29) is 5.82 Å². The summed E-state index contributed by atoms with van der Waals surface area (Å²) < 4.78 is 12.9. The molecule has 0 unspecified atom stereocenters. The highest BCUT2D eigenvalue weighted by Crippen LogP contribution is 2.43. The second kappa shape index (κ2) is 5.36. The zero-order valence-electron chi connectivity index (χ0n) is 10.2. The van der Waals surface area contributed by atoms with Crippen LogP contribution in [0.15, 0.2) is 18.2 Å². The molecule has 0 aromatic heterocycles. The van der Waals surface area contributed by atoms with Gasteiger partial charge in [-0.1, -0.05) is 31.0 Å². The zero-order valence-corrected chi connectivity index (χ0v) is 11.0. The molecular weight excluding hydrogens is 237 g/mol. The molecule has 1 aliphatic rings.